The van der Waals surface area contributed by atoms with Crippen molar-refractivity contribution >= 4 is 17.2 Å². The molecule has 0 saturated heterocycles. The highest BCUT2D eigenvalue weighted by molar-refractivity contribution is 7.80. The van der Waals surface area contributed by atoms with Crippen LogP contribution in [0.1, 0.15) is 16.7 Å². The normalized spacial score (nSPS) is 10.2. The van der Waals surface area contributed by atoms with Crippen molar-refractivity contribution in [3.63, 3.8) is 0 Å². The van der Waals surface area contributed by atoms with E-state index in [2.05, 4.69) is 0 Å². The van der Waals surface area contributed by atoms with Gasteiger partial charge in [0.25, 0.3) is 0 Å². The van der Waals surface area contributed by atoms with E-state index in [9.17, 15) is 4.39 Å². The summed E-state index contributed by atoms with van der Waals surface area (Å²) in [5.41, 5.74) is 8.08. The Hall–Kier alpha value is -1.94. The molecule has 0 unspecified atom stereocenters. The topological polar surface area (TPSA) is 35.2 Å². The summed E-state index contributed by atoms with van der Waals surface area (Å²) in [6, 6.07) is 12.4. The molecule has 0 radical (unpaired) electrons. The lowest BCUT2D eigenvalue weighted by Gasteiger charge is -2.09. The van der Waals surface area contributed by atoms with Crippen molar-refractivity contribution in [2.45, 2.75) is 13.5 Å². The lowest BCUT2D eigenvalue weighted by molar-refractivity contribution is 0.290. The molecule has 0 aliphatic carbocycles. The maximum absolute atomic E-state index is 13.8. The highest BCUT2D eigenvalue weighted by Gasteiger charge is 2.06. The van der Waals surface area contributed by atoms with Crippen LogP contribution in [0.3, 0.4) is 0 Å². The van der Waals surface area contributed by atoms with Crippen LogP contribution < -0.4 is 10.5 Å². The summed E-state index contributed by atoms with van der Waals surface area (Å²) in [7, 11) is 0. The van der Waals surface area contributed by atoms with Gasteiger partial charge in [-0.15, -0.1) is 0 Å². The average molecular weight is 275 g/mol. The van der Waals surface area contributed by atoms with Crippen LogP contribution in [0.25, 0.3) is 0 Å². The van der Waals surface area contributed by atoms with Crippen LogP contribution in [0.15, 0.2) is 42.5 Å². The van der Waals surface area contributed by atoms with Crippen molar-refractivity contribution in [3.8, 4) is 5.75 Å². The molecule has 2 aromatic carbocycles. The van der Waals surface area contributed by atoms with E-state index in [0.717, 1.165) is 11.1 Å². The molecule has 19 heavy (non-hydrogen) atoms. The molecular formula is C15H14FNOS. The van der Waals surface area contributed by atoms with Crippen molar-refractivity contribution < 1.29 is 9.13 Å². The zero-order chi connectivity index (χ0) is 13.8. The molecule has 0 bridgehead atoms. The molecule has 2 N–H and O–H groups in total. The van der Waals surface area contributed by atoms with E-state index >= 15 is 0 Å². The van der Waals surface area contributed by atoms with Gasteiger partial charge in [-0.2, -0.15) is 0 Å². The standard InChI is InChI=1S/C15H14FNOS/c1-10-3-2-4-11(7-10)9-18-14-6-5-12(15(17)19)8-13(14)16/h2-8H,9H2,1H3,(H2,17,19). The first kappa shape index (κ1) is 13.5. The predicted octanol–water partition coefficient (Wildman–Crippen LogP) is 3.35. The molecule has 2 nitrogen and oxygen atoms in total. The van der Waals surface area contributed by atoms with Gasteiger partial charge >= 0.3 is 0 Å². The van der Waals surface area contributed by atoms with Crippen molar-refractivity contribution in [2.24, 2.45) is 5.73 Å². The van der Waals surface area contributed by atoms with Gasteiger partial charge in [-0.3, -0.25) is 0 Å². The van der Waals surface area contributed by atoms with Gasteiger partial charge in [0.1, 0.15) is 11.6 Å². The summed E-state index contributed by atoms with van der Waals surface area (Å²) >= 11 is 4.79. The van der Waals surface area contributed by atoms with Crippen LogP contribution in [-0.4, -0.2) is 4.99 Å². The van der Waals surface area contributed by atoms with Crippen LogP contribution in [0, 0.1) is 12.7 Å². The van der Waals surface area contributed by atoms with Crippen molar-refractivity contribution in [3.05, 3.63) is 65.0 Å². The number of rotatable bonds is 4. The Kier molecular flexibility index (Phi) is 4.12. The first-order chi connectivity index (χ1) is 9.06. The second kappa shape index (κ2) is 5.80. The number of thiocarbonyl (C=S) groups is 1. The number of aryl methyl sites for hydroxylation is 1. The fourth-order valence-corrected chi connectivity index (χ4v) is 1.86. The van der Waals surface area contributed by atoms with E-state index in [4.69, 9.17) is 22.7 Å². The molecule has 0 spiro atoms. The fraction of sp³-hybridized carbons (Fsp3) is 0.133. The van der Waals surface area contributed by atoms with E-state index in [1.807, 2.05) is 31.2 Å². The molecule has 0 aliphatic heterocycles. The molecule has 0 aliphatic rings. The lowest BCUT2D eigenvalue weighted by atomic mass is 10.1. The summed E-state index contributed by atoms with van der Waals surface area (Å²) in [6.45, 7) is 2.33. The summed E-state index contributed by atoms with van der Waals surface area (Å²) in [5.74, 6) is -0.264. The molecule has 0 fully saturated rings. The smallest absolute Gasteiger partial charge is 0.165 e. The third-order valence-electron chi connectivity index (χ3n) is 2.69. The Bertz CT molecular complexity index is 613. The monoisotopic (exact) mass is 275 g/mol. The molecule has 0 heterocycles. The minimum atomic E-state index is -0.460. The Morgan fingerprint density at radius 3 is 2.68 bits per heavy atom. The predicted molar refractivity (Wildman–Crippen MR) is 77.8 cm³/mol. The van der Waals surface area contributed by atoms with Gasteiger partial charge in [0.05, 0.1) is 0 Å². The molecule has 0 amide bonds. The van der Waals surface area contributed by atoms with Crippen LogP contribution in [0.4, 0.5) is 4.39 Å². The molecule has 4 heteroatoms. The first-order valence-corrected chi connectivity index (χ1v) is 6.25. The highest BCUT2D eigenvalue weighted by atomic mass is 32.1. The minimum Gasteiger partial charge on any atom is -0.486 e. The highest BCUT2D eigenvalue weighted by Crippen LogP contribution is 2.20. The van der Waals surface area contributed by atoms with Crippen LogP contribution in [0.5, 0.6) is 5.75 Å². The van der Waals surface area contributed by atoms with Gasteiger partial charge in [-0.25, -0.2) is 4.39 Å². The van der Waals surface area contributed by atoms with Crippen molar-refractivity contribution in [2.75, 3.05) is 0 Å². The Morgan fingerprint density at radius 2 is 2.05 bits per heavy atom. The fourth-order valence-electron chi connectivity index (χ4n) is 1.73. The third kappa shape index (κ3) is 3.51. The van der Waals surface area contributed by atoms with E-state index in [1.54, 1.807) is 12.1 Å². The van der Waals surface area contributed by atoms with Crippen LogP contribution in [0.2, 0.25) is 0 Å². The Morgan fingerprint density at radius 1 is 1.26 bits per heavy atom. The second-order valence-corrected chi connectivity index (χ2v) is 4.73. The zero-order valence-corrected chi connectivity index (χ0v) is 11.3. The number of hydrogen-bond donors (Lipinski definition) is 1. The van der Waals surface area contributed by atoms with Crippen LogP contribution >= 0.6 is 12.2 Å². The van der Waals surface area contributed by atoms with Crippen molar-refractivity contribution in [1.82, 2.24) is 0 Å². The Labute approximate surface area is 117 Å². The summed E-state index contributed by atoms with van der Waals surface area (Å²) in [6.07, 6.45) is 0. The summed E-state index contributed by atoms with van der Waals surface area (Å²) in [5, 5.41) is 0. The van der Waals surface area contributed by atoms with Gasteiger partial charge in [-0.05, 0) is 30.7 Å². The molecule has 0 aromatic heterocycles. The maximum atomic E-state index is 13.8. The number of nitrogens with two attached hydrogens (primary N) is 1. The summed E-state index contributed by atoms with van der Waals surface area (Å²) < 4.78 is 19.2. The van der Waals surface area contributed by atoms with Gasteiger partial charge in [0, 0.05) is 5.56 Å². The molecular weight excluding hydrogens is 261 g/mol. The SMILES string of the molecule is Cc1cccc(COc2ccc(C(N)=S)cc2F)c1. The maximum Gasteiger partial charge on any atom is 0.165 e. The van der Waals surface area contributed by atoms with E-state index in [0.29, 0.717) is 12.2 Å². The Balaban J connectivity index is 2.10. The molecule has 98 valence electrons. The number of benzene rings is 2. The molecule has 0 atom stereocenters. The molecule has 2 rings (SSSR count). The molecule has 0 saturated carbocycles. The minimum absolute atomic E-state index is 0.170. The lowest BCUT2D eigenvalue weighted by Crippen LogP contribution is -2.09. The average Bonchev–Trinajstić information content (AvgIpc) is 2.37. The van der Waals surface area contributed by atoms with Crippen LogP contribution in [-0.2, 0) is 6.61 Å². The van der Waals surface area contributed by atoms with Gasteiger partial charge in [-0.1, -0.05) is 42.0 Å². The van der Waals surface area contributed by atoms with E-state index < -0.39 is 5.82 Å². The third-order valence-corrected chi connectivity index (χ3v) is 2.93. The van der Waals surface area contributed by atoms with E-state index in [-0.39, 0.29) is 10.7 Å². The molecule has 2 aromatic rings. The number of halogens is 1. The summed E-state index contributed by atoms with van der Waals surface area (Å²) in [4.78, 5) is 0.170. The van der Waals surface area contributed by atoms with Gasteiger partial charge < -0.3 is 10.5 Å². The first-order valence-electron chi connectivity index (χ1n) is 5.84. The van der Waals surface area contributed by atoms with Crippen molar-refractivity contribution in [1.29, 1.82) is 0 Å². The largest absolute Gasteiger partial charge is 0.486 e. The quantitative estimate of drug-likeness (QED) is 0.869. The van der Waals surface area contributed by atoms with Gasteiger partial charge in [0.2, 0.25) is 0 Å². The van der Waals surface area contributed by atoms with Gasteiger partial charge in [0.15, 0.2) is 11.6 Å². The zero-order valence-electron chi connectivity index (χ0n) is 10.5. The second-order valence-electron chi connectivity index (χ2n) is 4.29. The number of hydrogen-bond acceptors (Lipinski definition) is 2. The number of ether oxygens (including phenoxy) is 1. The van der Waals surface area contributed by atoms with E-state index in [1.165, 1.54) is 6.07 Å².